The van der Waals surface area contributed by atoms with Crippen LogP contribution < -0.4 is 19.6 Å². The van der Waals surface area contributed by atoms with E-state index in [1.807, 2.05) is 42.5 Å². The number of furan rings is 1. The molecule has 0 saturated carbocycles. The van der Waals surface area contributed by atoms with Crippen molar-refractivity contribution in [1.82, 2.24) is 5.43 Å². The Labute approximate surface area is 207 Å². The second-order valence-electron chi connectivity index (χ2n) is 8.03. The summed E-state index contributed by atoms with van der Waals surface area (Å²) < 4.78 is 22.5. The Bertz CT molecular complexity index is 1570. The number of nitrogens with one attached hydrogen (secondary N) is 1. The van der Waals surface area contributed by atoms with Crippen molar-refractivity contribution in [3.63, 3.8) is 0 Å². The van der Waals surface area contributed by atoms with E-state index in [-0.39, 0.29) is 5.76 Å². The third kappa shape index (κ3) is 4.72. The smallest absolute Gasteiger partial charge is 0.307 e. The van der Waals surface area contributed by atoms with Crippen molar-refractivity contribution in [3.05, 3.63) is 102 Å². The van der Waals surface area contributed by atoms with Gasteiger partial charge in [0.2, 0.25) is 0 Å². The Kier molecular flexibility index (Phi) is 6.53. The SMILES string of the molecule is COc1cc(/C=N\NC(=O)c2cc3cccc(OC)c3o2)ccc1OCc1cccc2ccccc12. The molecule has 0 aliphatic rings. The average molecular weight is 481 g/mol. The first-order valence-electron chi connectivity index (χ1n) is 11.3. The van der Waals surface area contributed by atoms with Crippen LogP contribution in [0.1, 0.15) is 21.7 Å². The molecule has 0 atom stereocenters. The zero-order valence-corrected chi connectivity index (χ0v) is 19.9. The number of hydrogen-bond donors (Lipinski definition) is 1. The summed E-state index contributed by atoms with van der Waals surface area (Å²) in [5.41, 5.74) is 4.82. The molecule has 4 aromatic carbocycles. The van der Waals surface area contributed by atoms with Crippen molar-refractivity contribution in [3.8, 4) is 17.2 Å². The van der Waals surface area contributed by atoms with Crippen LogP contribution in [0, 0.1) is 0 Å². The predicted molar refractivity (Wildman–Crippen MR) is 139 cm³/mol. The van der Waals surface area contributed by atoms with Gasteiger partial charge in [0.1, 0.15) is 6.61 Å². The van der Waals surface area contributed by atoms with Crippen LogP contribution in [0.15, 0.2) is 94.4 Å². The number of amides is 1. The summed E-state index contributed by atoms with van der Waals surface area (Å²) in [7, 11) is 3.13. The largest absolute Gasteiger partial charge is 0.493 e. The number of ether oxygens (including phenoxy) is 3. The monoisotopic (exact) mass is 480 g/mol. The fourth-order valence-corrected chi connectivity index (χ4v) is 3.99. The van der Waals surface area contributed by atoms with E-state index < -0.39 is 5.91 Å². The number of methoxy groups -OCH3 is 2. The molecule has 0 radical (unpaired) electrons. The van der Waals surface area contributed by atoms with Crippen molar-refractivity contribution in [2.45, 2.75) is 6.61 Å². The summed E-state index contributed by atoms with van der Waals surface area (Å²) in [6.07, 6.45) is 1.53. The summed E-state index contributed by atoms with van der Waals surface area (Å²) in [6.45, 7) is 0.406. The highest BCUT2D eigenvalue weighted by Crippen LogP contribution is 2.30. The quantitative estimate of drug-likeness (QED) is 0.219. The second-order valence-corrected chi connectivity index (χ2v) is 8.03. The summed E-state index contributed by atoms with van der Waals surface area (Å²) >= 11 is 0. The van der Waals surface area contributed by atoms with Crippen molar-refractivity contribution in [2.24, 2.45) is 5.10 Å². The van der Waals surface area contributed by atoms with E-state index in [0.717, 1.165) is 21.9 Å². The minimum absolute atomic E-state index is 0.140. The molecule has 5 aromatic rings. The number of nitrogens with zero attached hydrogens (tertiary/aromatic N) is 1. The number of para-hydroxylation sites is 1. The molecule has 1 amide bonds. The van der Waals surface area contributed by atoms with Crippen LogP contribution >= 0.6 is 0 Å². The average Bonchev–Trinajstić information content (AvgIpc) is 3.37. The molecule has 0 aliphatic carbocycles. The molecule has 180 valence electrons. The molecule has 1 N–H and O–H groups in total. The highest BCUT2D eigenvalue weighted by molar-refractivity contribution is 5.97. The highest BCUT2D eigenvalue weighted by atomic mass is 16.5. The van der Waals surface area contributed by atoms with E-state index in [1.165, 1.54) is 11.6 Å². The Morgan fingerprint density at radius 1 is 0.861 bits per heavy atom. The Balaban J connectivity index is 1.26. The molecule has 0 spiro atoms. The lowest BCUT2D eigenvalue weighted by molar-refractivity contribution is 0.0929. The van der Waals surface area contributed by atoms with E-state index in [2.05, 4.69) is 34.8 Å². The number of benzene rings is 4. The fraction of sp³-hybridized carbons (Fsp3) is 0.103. The van der Waals surface area contributed by atoms with Crippen LogP contribution in [0.5, 0.6) is 17.2 Å². The van der Waals surface area contributed by atoms with Crippen LogP contribution in [-0.4, -0.2) is 26.3 Å². The molecule has 1 aromatic heterocycles. The molecule has 0 saturated heterocycles. The number of hydrazone groups is 1. The van der Waals surface area contributed by atoms with Gasteiger partial charge in [0.05, 0.1) is 20.4 Å². The van der Waals surface area contributed by atoms with Crippen LogP contribution in [0.3, 0.4) is 0 Å². The first-order valence-corrected chi connectivity index (χ1v) is 11.3. The van der Waals surface area contributed by atoms with E-state index >= 15 is 0 Å². The Morgan fingerprint density at radius 3 is 2.50 bits per heavy atom. The zero-order chi connectivity index (χ0) is 24.9. The van der Waals surface area contributed by atoms with Gasteiger partial charge < -0.3 is 18.6 Å². The van der Waals surface area contributed by atoms with Gasteiger partial charge in [0, 0.05) is 5.39 Å². The van der Waals surface area contributed by atoms with Gasteiger partial charge in [-0.1, -0.05) is 54.6 Å². The molecule has 0 fully saturated rings. The number of carbonyl (C=O) groups excluding carboxylic acids is 1. The van der Waals surface area contributed by atoms with E-state index in [4.69, 9.17) is 18.6 Å². The van der Waals surface area contributed by atoms with Gasteiger partial charge >= 0.3 is 5.91 Å². The maximum atomic E-state index is 12.5. The van der Waals surface area contributed by atoms with Gasteiger partial charge in [-0.05, 0) is 52.2 Å². The number of hydrogen-bond acceptors (Lipinski definition) is 6. The third-order valence-electron chi connectivity index (χ3n) is 5.78. The lowest BCUT2D eigenvalue weighted by atomic mass is 10.1. The molecule has 0 aliphatic heterocycles. The maximum Gasteiger partial charge on any atom is 0.307 e. The van der Waals surface area contributed by atoms with E-state index in [1.54, 1.807) is 32.4 Å². The fourth-order valence-electron chi connectivity index (χ4n) is 3.99. The second kappa shape index (κ2) is 10.2. The van der Waals surface area contributed by atoms with Crippen molar-refractivity contribution < 1.29 is 23.4 Å². The van der Waals surface area contributed by atoms with Gasteiger partial charge in [-0.3, -0.25) is 4.79 Å². The zero-order valence-electron chi connectivity index (χ0n) is 19.9. The normalized spacial score (nSPS) is 11.2. The van der Waals surface area contributed by atoms with Crippen LogP contribution in [0.25, 0.3) is 21.7 Å². The lowest BCUT2D eigenvalue weighted by Gasteiger charge is -2.12. The molecule has 1 heterocycles. The van der Waals surface area contributed by atoms with E-state index in [0.29, 0.717) is 29.4 Å². The number of rotatable bonds is 8. The summed E-state index contributed by atoms with van der Waals surface area (Å²) in [5, 5.41) is 7.14. The van der Waals surface area contributed by atoms with Gasteiger partial charge in [0.15, 0.2) is 28.6 Å². The van der Waals surface area contributed by atoms with Crippen molar-refractivity contribution >= 4 is 33.9 Å². The van der Waals surface area contributed by atoms with E-state index in [9.17, 15) is 4.79 Å². The van der Waals surface area contributed by atoms with Gasteiger partial charge in [-0.2, -0.15) is 5.10 Å². The van der Waals surface area contributed by atoms with Gasteiger partial charge in [-0.15, -0.1) is 0 Å². The molecule has 36 heavy (non-hydrogen) atoms. The first-order chi connectivity index (χ1) is 17.7. The van der Waals surface area contributed by atoms with Crippen LogP contribution in [-0.2, 0) is 6.61 Å². The lowest BCUT2D eigenvalue weighted by Crippen LogP contribution is -2.16. The number of fused-ring (bicyclic) bond motifs is 2. The summed E-state index contributed by atoms with van der Waals surface area (Å²) in [5.74, 6) is 1.41. The van der Waals surface area contributed by atoms with Crippen molar-refractivity contribution in [1.29, 1.82) is 0 Å². The Morgan fingerprint density at radius 2 is 1.64 bits per heavy atom. The predicted octanol–water partition coefficient (Wildman–Crippen LogP) is 5.95. The standard InChI is InChI=1S/C29H24N2O5/c1-33-25-12-6-9-21-16-27(36-28(21)25)29(32)31-30-17-19-13-14-24(26(15-19)34-2)35-18-22-10-5-8-20-7-3-4-11-23(20)22/h3-17H,18H2,1-2H3,(H,31,32)/b30-17-. The molecule has 5 rings (SSSR count). The maximum absolute atomic E-state index is 12.5. The molecular weight excluding hydrogens is 456 g/mol. The third-order valence-corrected chi connectivity index (χ3v) is 5.78. The summed E-state index contributed by atoms with van der Waals surface area (Å²) in [4.78, 5) is 12.5. The van der Waals surface area contributed by atoms with Crippen LogP contribution in [0.2, 0.25) is 0 Å². The van der Waals surface area contributed by atoms with Gasteiger partial charge in [-0.25, -0.2) is 5.43 Å². The van der Waals surface area contributed by atoms with Crippen molar-refractivity contribution in [2.75, 3.05) is 14.2 Å². The molecule has 0 bridgehead atoms. The molecule has 7 nitrogen and oxygen atoms in total. The van der Waals surface area contributed by atoms with Gasteiger partial charge in [0.25, 0.3) is 0 Å². The topological polar surface area (TPSA) is 82.3 Å². The van der Waals surface area contributed by atoms with Crippen LogP contribution in [0.4, 0.5) is 0 Å². The minimum atomic E-state index is -0.466. The number of carbonyl (C=O) groups is 1. The highest BCUT2D eigenvalue weighted by Gasteiger charge is 2.14. The minimum Gasteiger partial charge on any atom is -0.493 e. The summed E-state index contributed by atoms with van der Waals surface area (Å²) in [6, 6.07) is 26.9. The molecule has 0 unspecified atom stereocenters. The first kappa shape index (κ1) is 23.0. The Hall–Kier alpha value is -4.78. The molecule has 7 heteroatoms. The molecular formula is C29H24N2O5.